The van der Waals surface area contributed by atoms with E-state index >= 15 is 0 Å². The summed E-state index contributed by atoms with van der Waals surface area (Å²) in [4.78, 5) is 24.1. The number of fused-ring (bicyclic) bond motifs is 5. The first-order valence-electron chi connectivity index (χ1n) is 9.87. The minimum absolute atomic E-state index is 0.00575. The summed E-state index contributed by atoms with van der Waals surface area (Å²) in [5, 5.41) is 8.33. The van der Waals surface area contributed by atoms with Crippen LogP contribution in [0.4, 0.5) is 13.2 Å². The summed E-state index contributed by atoms with van der Waals surface area (Å²) >= 11 is 0. The van der Waals surface area contributed by atoms with E-state index in [0.29, 0.717) is 27.9 Å². The first kappa shape index (κ1) is 21.2. The van der Waals surface area contributed by atoms with Crippen molar-refractivity contribution in [2.24, 2.45) is 5.92 Å². The molecule has 0 spiro atoms. The lowest BCUT2D eigenvalue weighted by Crippen LogP contribution is -2.52. The number of ether oxygens (including phenoxy) is 1. The van der Waals surface area contributed by atoms with Gasteiger partial charge in [-0.3, -0.25) is 9.69 Å². The zero-order valence-corrected chi connectivity index (χ0v) is 16.4. The van der Waals surface area contributed by atoms with Gasteiger partial charge in [0.25, 0.3) is 0 Å². The third-order valence-electron chi connectivity index (χ3n) is 5.67. The predicted octanol–water partition coefficient (Wildman–Crippen LogP) is 4.05. The number of benzene rings is 2. The van der Waals surface area contributed by atoms with Crippen LogP contribution in [-0.4, -0.2) is 47.9 Å². The highest BCUT2D eigenvalue weighted by Gasteiger charge is 2.38. The van der Waals surface area contributed by atoms with Crippen molar-refractivity contribution in [2.75, 3.05) is 19.6 Å². The molecule has 3 aliphatic heterocycles. The number of aliphatic carboxylic acids is 1. The number of carboxylic acids is 1. The van der Waals surface area contributed by atoms with E-state index in [1.807, 2.05) is 42.5 Å². The van der Waals surface area contributed by atoms with Crippen molar-refractivity contribution in [3.8, 4) is 5.75 Å². The standard InChI is InChI=1S/C20H19NO3.C2HF3O2/c22-20-15-3-1-2-4-17(15)24-18-6-5-14(11-16(18)20)23-19-12-21-9-7-13(19)8-10-21;3-2(4,5)1(6)7/h1-6,11,13,19H,7-10,12H2;(H,6,7)/t19-;/m0./s1. The summed E-state index contributed by atoms with van der Waals surface area (Å²) in [7, 11) is 0. The van der Waals surface area contributed by atoms with E-state index in [4.69, 9.17) is 19.1 Å². The highest BCUT2D eigenvalue weighted by atomic mass is 19.4. The molecule has 0 unspecified atom stereocenters. The van der Waals surface area contributed by atoms with Gasteiger partial charge in [0.1, 0.15) is 23.0 Å². The molecule has 3 aromatic rings. The Labute approximate surface area is 174 Å². The summed E-state index contributed by atoms with van der Waals surface area (Å²) in [5.74, 6) is -1.35. The van der Waals surface area contributed by atoms with Gasteiger partial charge in [0.05, 0.1) is 10.8 Å². The second kappa shape index (κ2) is 8.22. The van der Waals surface area contributed by atoms with Crippen LogP contribution >= 0.6 is 0 Å². The Morgan fingerprint density at radius 1 is 1.06 bits per heavy atom. The number of alkyl halides is 3. The molecule has 0 amide bonds. The summed E-state index contributed by atoms with van der Waals surface area (Å²) in [6.07, 6.45) is -2.42. The van der Waals surface area contributed by atoms with Crippen LogP contribution in [0.1, 0.15) is 12.8 Å². The molecule has 164 valence electrons. The van der Waals surface area contributed by atoms with Gasteiger partial charge < -0.3 is 14.3 Å². The lowest BCUT2D eigenvalue weighted by molar-refractivity contribution is -0.192. The lowest BCUT2D eigenvalue weighted by Gasteiger charge is -2.44. The molecule has 3 aliphatic rings. The summed E-state index contributed by atoms with van der Waals surface area (Å²) in [6.45, 7) is 3.38. The highest BCUT2D eigenvalue weighted by molar-refractivity contribution is 5.90. The number of nitrogens with zero attached hydrogens (tertiary/aromatic N) is 1. The molecule has 1 atom stereocenters. The van der Waals surface area contributed by atoms with Crippen LogP contribution in [0.2, 0.25) is 0 Å². The van der Waals surface area contributed by atoms with Crippen molar-refractivity contribution in [3.05, 3.63) is 52.7 Å². The number of hydrogen-bond donors (Lipinski definition) is 1. The van der Waals surface area contributed by atoms with Crippen LogP contribution in [0.25, 0.3) is 21.9 Å². The third-order valence-corrected chi connectivity index (χ3v) is 5.67. The number of carboxylic acid groups (broad SMARTS) is 1. The van der Waals surface area contributed by atoms with Crippen molar-refractivity contribution in [3.63, 3.8) is 0 Å². The van der Waals surface area contributed by atoms with Crippen LogP contribution in [0.3, 0.4) is 0 Å². The number of piperidine rings is 3. The first-order valence-corrected chi connectivity index (χ1v) is 9.87. The fraction of sp³-hybridized carbons (Fsp3) is 0.364. The fourth-order valence-corrected chi connectivity index (χ4v) is 4.07. The minimum Gasteiger partial charge on any atom is -0.489 e. The Hall–Kier alpha value is -3.07. The zero-order chi connectivity index (χ0) is 22.2. The molecular weight excluding hydrogens is 415 g/mol. The van der Waals surface area contributed by atoms with Gasteiger partial charge in [-0.25, -0.2) is 4.79 Å². The Morgan fingerprint density at radius 2 is 1.71 bits per heavy atom. The Morgan fingerprint density at radius 3 is 2.32 bits per heavy atom. The van der Waals surface area contributed by atoms with Gasteiger partial charge in [0.15, 0.2) is 0 Å². The van der Waals surface area contributed by atoms with Crippen molar-refractivity contribution >= 4 is 27.9 Å². The van der Waals surface area contributed by atoms with Crippen molar-refractivity contribution in [2.45, 2.75) is 25.1 Å². The van der Waals surface area contributed by atoms with Crippen LogP contribution in [0, 0.1) is 5.92 Å². The Balaban J connectivity index is 0.000000289. The molecule has 0 radical (unpaired) electrons. The molecule has 0 saturated carbocycles. The molecule has 1 aromatic heterocycles. The largest absolute Gasteiger partial charge is 0.490 e. The molecule has 9 heteroatoms. The zero-order valence-electron chi connectivity index (χ0n) is 16.4. The summed E-state index contributed by atoms with van der Waals surface area (Å²) in [5.41, 5.74) is 1.24. The smallest absolute Gasteiger partial charge is 0.489 e. The summed E-state index contributed by atoms with van der Waals surface area (Å²) in [6, 6.07) is 13.0. The first-order chi connectivity index (χ1) is 14.7. The van der Waals surface area contributed by atoms with Crippen molar-refractivity contribution in [1.82, 2.24) is 4.90 Å². The maximum absolute atomic E-state index is 12.7. The van der Waals surface area contributed by atoms with E-state index < -0.39 is 12.1 Å². The van der Waals surface area contributed by atoms with Gasteiger partial charge in [-0.1, -0.05) is 12.1 Å². The van der Waals surface area contributed by atoms with E-state index in [0.717, 1.165) is 12.3 Å². The van der Waals surface area contributed by atoms with Crippen molar-refractivity contribution < 1.29 is 32.2 Å². The number of carbonyl (C=O) groups is 1. The van der Waals surface area contributed by atoms with Gasteiger partial charge in [-0.15, -0.1) is 0 Å². The second-order valence-corrected chi connectivity index (χ2v) is 7.68. The van der Waals surface area contributed by atoms with Crippen LogP contribution in [0.5, 0.6) is 5.75 Å². The molecule has 0 aliphatic carbocycles. The molecule has 2 aromatic carbocycles. The molecule has 3 saturated heterocycles. The normalized spacial score (nSPS) is 22.7. The van der Waals surface area contributed by atoms with E-state index in [-0.39, 0.29) is 11.5 Å². The fourth-order valence-electron chi connectivity index (χ4n) is 4.07. The predicted molar refractivity (Wildman–Crippen MR) is 107 cm³/mol. The quantitative estimate of drug-likeness (QED) is 0.612. The maximum atomic E-state index is 12.7. The Bertz CT molecular complexity index is 1170. The molecule has 4 heterocycles. The monoisotopic (exact) mass is 435 g/mol. The van der Waals surface area contributed by atoms with Gasteiger partial charge in [-0.05, 0) is 62.2 Å². The summed E-state index contributed by atoms with van der Waals surface area (Å²) < 4.78 is 43.8. The molecule has 6 nitrogen and oxygen atoms in total. The lowest BCUT2D eigenvalue weighted by atomic mass is 9.86. The molecule has 31 heavy (non-hydrogen) atoms. The second-order valence-electron chi connectivity index (χ2n) is 7.68. The van der Waals surface area contributed by atoms with Crippen molar-refractivity contribution in [1.29, 1.82) is 0 Å². The average molecular weight is 435 g/mol. The van der Waals surface area contributed by atoms with Gasteiger partial charge in [0.2, 0.25) is 5.43 Å². The number of halogens is 3. The Kier molecular flexibility index (Phi) is 5.62. The molecule has 6 rings (SSSR count). The van der Waals surface area contributed by atoms with Crippen LogP contribution in [0.15, 0.2) is 51.7 Å². The van der Waals surface area contributed by atoms with Gasteiger partial charge >= 0.3 is 12.1 Å². The van der Waals surface area contributed by atoms with Crippen LogP contribution in [-0.2, 0) is 4.79 Å². The van der Waals surface area contributed by atoms with Gasteiger partial charge in [-0.2, -0.15) is 13.2 Å². The van der Waals surface area contributed by atoms with Gasteiger partial charge in [0, 0.05) is 6.54 Å². The maximum Gasteiger partial charge on any atom is 0.490 e. The van der Waals surface area contributed by atoms with E-state index in [1.54, 1.807) is 0 Å². The highest BCUT2D eigenvalue weighted by Crippen LogP contribution is 2.31. The SMILES string of the molecule is O=C(O)C(F)(F)F.O=c1c2ccccc2oc2ccc(O[C@H]3CN4CCC3CC4)cc12. The third kappa shape index (κ3) is 4.51. The number of rotatable bonds is 2. The molecule has 1 N–H and O–H groups in total. The van der Waals surface area contributed by atoms with E-state index in [2.05, 4.69) is 4.90 Å². The topological polar surface area (TPSA) is 80.0 Å². The van der Waals surface area contributed by atoms with E-state index in [1.165, 1.54) is 25.9 Å². The number of para-hydroxylation sites is 1. The molecule has 3 fully saturated rings. The van der Waals surface area contributed by atoms with E-state index in [9.17, 15) is 18.0 Å². The average Bonchev–Trinajstić information content (AvgIpc) is 2.75. The number of hydrogen-bond acceptors (Lipinski definition) is 5. The molecule has 2 bridgehead atoms. The molecular formula is C22H20F3NO5. The van der Waals surface area contributed by atoms with Crippen LogP contribution < -0.4 is 10.2 Å². The minimum atomic E-state index is -5.08.